The molecule has 29 heavy (non-hydrogen) atoms. The minimum absolute atomic E-state index is 0.133. The summed E-state index contributed by atoms with van der Waals surface area (Å²) in [5, 5.41) is 2.73. The number of sulfonamides is 1. The van der Waals surface area contributed by atoms with E-state index < -0.39 is 10.0 Å². The zero-order chi connectivity index (χ0) is 20.1. The van der Waals surface area contributed by atoms with Gasteiger partial charge >= 0.3 is 0 Å². The number of hydrogen-bond donors (Lipinski definition) is 1. The summed E-state index contributed by atoms with van der Waals surface area (Å²) >= 11 is 1.49. The first-order valence-corrected chi connectivity index (χ1v) is 11.3. The van der Waals surface area contributed by atoms with E-state index in [1.54, 1.807) is 12.1 Å². The van der Waals surface area contributed by atoms with Gasteiger partial charge in [-0.25, -0.2) is 18.1 Å². The number of nitrogens with one attached hydrogen (secondary N) is 1. The minimum atomic E-state index is -3.64. The Morgan fingerprint density at radius 3 is 2.14 bits per heavy atom. The van der Waals surface area contributed by atoms with Gasteiger partial charge in [-0.2, -0.15) is 0 Å². The summed E-state index contributed by atoms with van der Waals surface area (Å²) in [6.07, 6.45) is 0. The molecular weight excluding hydrogens is 404 g/mol. The standard InChI is InChI=1S/C22H18N2O3S2/c25-29(26,21-13-11-20(12-14-21)27-19-9-5-2-6-10-19)23-15-18-16-28-22(24-18)17-7-3-1-4-8-17/h1-14,16,23H,15H2. The Hall–Kier alpha value is -3.00. The summed E-state index contributed by atoms with van der Waals surface area (Å²) in [6, 6.07) is 25.4. The van der Waals surface area contributed by atoms with Gasteiger partial charge in [0.1, 0.15) is 16.5 Å². The van der Waals surface area contributed by atoms with Crippen molar-refractivity contribution < 1.29 is 13.2 Å². The molecule has 0 atom stereocenters. The highest BCUT2D eigenvalue weighted by Gasteiger charge is 2.15. The van der Waals surface area contributed by atoms with E-state index in [4.69, 9.17) is 4.74 Å². The quantitative estimate of drug-likeness (QED) is 0.451. The highest BCUT2D eigenvalue weighted by molar-refractivity contribution is 7.89. The maximum atomic E-state index is 12.6. The zero-order valence-corrected chi connectivity index (χ0v) is 17.0. The molecule has 0 unspecified atom stereocenters. The summed E-state index contributed by atoms with van der Waals surface area (Å²) in [6.45, 7) is 0.133. The lowest BCUT2D eigenvalue weighted by Crippen LogP contribution is -2.23. The van der Waals surface area contributed by atoms with Crippen LogP contribution < -0.4 is 9.46 Å². The molecule has 3 aromatic carbocycles. The smallest absolute Gasteiger partial charge is 0.240 e. The topological polar surface area (TPSA) is 68.3 Å². The van der Waals surface area contributed by atoms with Crippen molar-refractivity contribution in [3.8, 4) is 22.1 Å². The molecule has 0 fully saturated rings. The molecule has 1 heterocycles. The van der Waals surface area contributed by atoms with Crippen LogP contribution in [0.3, 0.4) is 0 Å². The summed E-state index contributed by atoms with van der Waals surface area (Å²) in [5.74, 6) is 1.26. The SMILES string of the molecule is O=S(=O)(NCc1csc(-c2ccccc2)n1)c1ccc(Oc2ccccc2)cc1. The lowest BCUT2D eigenvalue weighted by molar-refractivity contribution is 0.482. The molecule has 7 heteroatoms. The van der Waals surface area contributed by atoms with Crippen LogP contribution in [0.4, 0.5) is 0 Å². The maximum Gasteiger partial charge on any atom is 0.240 e. The number of hydrogen-bond acceptors (Lipinski definition) is 5. The van der Waals surface area contributed by atoms with Crippen LogP contribution in [-0.2, 0) is 16.6 Å². The molecular formula is C22H18N2O3S2. The summed E-state index contributed by atoms with van der Waals surface area (Å²) in [7, 11) is -3.64. The van der Waals surface area contributed by atoms with Crippen molar-refractivity contribution in [2.75, 3.05) is 0 Å². The molecule has 0 amide bonds. The lowest BCUT2D eigenvalue weighted by atomic mass is 10.2. The first-order valence-electron chi connectivity index (χ1n) is 8.93. The van der Waals surface area contributed by atoms with Crippen LogP contribution in [0.1, 0.15) is 5.69 Å². The molecule has 1 N–H and O–H groups in total. The second-order valence-electron chi connectivity index (χ2n) is 6.22. The van der Waals surface area contributed by atoms with Crippen molar-refractivity contribution in [3.63, 3.8) is 0 Å². The van der Waals surface area contributed by atoms with E-state index in [0.717, 1.165) is 10.6 Å². The Kier molecular flexibility index (Phi) is 5.71. The van der Waals surface area contributed by atoms with Crippen molar-refractivity contribution in [1.82, 2.24) is 9.71 Å². The molecule has 0 radical (unpaired) electrons. The van der Waals surface area contributed by atoms with Crippen molar-refractivity contribution in [3.05, 3.63) is 96.0 Å². The molecule has 146 valence electrons. The molecule has 0 aliphatic heterocycles. The summed E-state index contributed by atoms with van der Waals surface area (Å²) < 4.78 is 33.4. The van der Waals surface area contributed by atoms with E-state index in [1.807, 2.05) is 66.0 Å². The molecule has 0 bridgehead atoms. The van der Waals surface area contributed by atoms with Crippen LogP contribution in [0.2, 0.25) is 0 Å². The molecule has 0 saturated heterocycles. The van der Waals surface area contributed by atoms with E-state index in [0.29, 0.717) is 17.2 Å². The monoisotopic (exact) mass is 422 g/mol. The first-order chi connectivity index (χ1) is 14.1. The number of para-hydroxylation sites is 1. The first kappa shape index (κ1) is 19.3. The third kappa shape index (κ3) is 4.89. The van der Waals surface area contributed by atoms with Gasteiger partial charge < -0.3 is 4.74 Å². The van der Waals surface area contributed by atoms with E-state index >= 15 is 0 Å². The third-order valence-corrected chi connectivity index (χ3v) is 6.49. The predicted octanol–water partition coefficient (Wildman–Crippen LogP) is 5.08. The third-order valence-electron chi connectivity index (χ3n) is 4.13. The average Bonchev–Trinajstić information content (AvgIpc) is 3.23. The number of rotatable bonds is 7. The lowest BCUT2D eigenvalue weighted by Gasteiger charge is -2.08. The van der Waals surface area contributed by atoms with Gasteiger partial charge in [0.05, 0.1) is 17.1 Å². The molecule has 4 aromatic rings. The van der Waals surface area contributed by atoms with Gasteiger partial charge in [-0.15, -0.1) is 11.3 Å². The van der Waals surface area contributed by atoms with Gasteiger partial charge in [0.2, 0.25) is 10.0 Å². The molecule has 5 nitrogen and oxygen atoms in total. The van der Waals surface area contributed by atoms with Gasteiger partial charge in [0.15, 0.2) is 0 Å². The Balaban J connectivity index is 1.40. The maximum absolute atomic E-state index is 12.6. The van der Waals surface area contributed by atoms with Gasteiger partial charge in [0, 0.05) is 10.9 Å². The van der Waals surface area contributed by atoms with E-state index in [2.05, 4.69) is 9.71 Å². The molecule has 0 saturated carbocycles. The highest BCUT2D eigenvalue weighted by Crippen LogP contribution is 2.24. The fourth-order valence-electron chi connectivity index (χ4n) is 2.67. The van der Waals surface area contributed by atoms with Gasteiger partial charge in [-0.1, -0.05) is 48.5 Å². The van der Waals surface area contributed by atoms with Crippen LogP contribution in [-0.4, -0.2) is 13.4 Å². The average molecular weight is 423 g/mol. The Labute approximate surface area is 173 Å². The predicted molar refractivity (Wildman–Crippen MR) is 115 cm³/mol. The van der Waals surface area contributed by atoms with Crippen LogP contribution in [0, 0.1) is 0 Å². The second-order valence-corrected chi connectivity index (χ2v) is 8.85. The second kappa shape index (κ2) is 8.57. The minimum Gasteiger partial charge on any atom is -0.457 e. The molecule has 1 aromatic heterocycles. The molecule has 0 aliphatic carbocycles. The van der Waals surface area contributed by atoms with Crippen molar-refractivity contribution in [1.29, 1.82) is 0 Å². The normalized spacial score (nSPS) is 11.3. The highest BCUT2D eigenvalue weighted by atomic mass is 32.2. The van der Waals surface area contributed by atoms with Crippen LogP contribution >= 0.6 is 11.3 Å². The number of ether oxygens (including phenoxy) is 1. The number of benzene rings is 3. The largest absolute Gasteiger partial charge is 0.457 e. The van der Waals surface area contributed by atoms with Gasteiger partial charge in [-0.05, 0) is 36.4 Å². The van der Waals surface area contributed by atoms with Crippen molar-refractivity contribution >= 4 is 21.4 Å². The van der Waals surface area contributed by atoms with Crippen molar-refractivity contribution in [2.24, 2.45) is 0 Å². The van der Waals surface area contributed by atoms with E-state index in [1.165, 1.54) is 23.5 Å². The fourth-order valence-corrected chi connectivity index (χ4v) is 4.49. The molecule has 0 aliphatic rings. The zero-order valence-electron chi connectivity index (χ0n) is 15.4. The van der Waals surface area contributed by atoms with E-state index in [-0.39, 0.29) is 11.4 Å². The number of nitrogens with zero attached hydrogens (tertiary/aromatic N) is 1. The Bertz CT molecular complexity index is 1170. The van der Waals surface area contributed by atoms with Gasteiger partial charge in [-0.3, -0.25) is 0 Å². The molecule has 0 spiro atoms. The van der Waals surface area contributed by atoms with Gasteiger partial charge in [0.25, 0.3) is 0 Å². The van der Waals surface area contributed by atoms with Crippen molar-refractivity contribution in [2.45, 2.75) is 11.4 Å². The van der Waals surface area contributed by atoms with Crippen LogP contribution in [0.5, 0.6) is 11.5 Å². The van der Waals surface area contributed by atoms with Crippen LogP contribution in [0.25, 0.3) is 10.6 Å². The number of aromatic nitrogens is 1. The Morgan fingerprint density at radius 2 is 1.45 bits per heavy atom. The summed E-state index contributed by atoms with van der Waals surface area (Å²) in [5.41, 5.74) is 1.70. The molecule has 4 rings (SSSR count). The van der Waals surface area contributed by atoms with Crippen LogP contribution in [0.15, 0.2) is 95.2 Å². The summed E-state index contributed by atoms with van der Waals surface area (Å²) in [4.78, 5) is 4.69. The van der Waals surface area contributed by atoms with E-state index in [9.17, 15) is 8.42 Å². The number of thiazole rings is 1. The fraction of sp³-hybridized carbons (Fsp3) is 0.0455. The Morgan fingerprint density at radius 1 is 0.828 bits per heavy atom.